The van der Waals surface area contributed by atoms with Crippen molar-refractivity contribution in [1.29, 1.82) is 0 Å². The zero-order valence-electron chi connectivity index (χ0n) is 15.1. The van der Waals surface area contributed by atoms with Gasteiger partial charge < -0.3 is 14.6 Å². The second kappa shape index (κ2) is 8.34. The van der Waals surface area contributed by atoms with E-state index in [1.54, 1.807) is 6.92 Å². The van der Waals surface area contributed by atoms with Crippen molar-refractivity contribution in [1.82, 2.24) is 10.3 Å². The fourth-order valence-electron chi connectivity index (χ4n) is 2.80. The number of oxazole rings is 1. The number of carbonyl (C=O) groups excluding carboxylic acids is 1. The molecule has 1 amide bonds. The minimum absolute atomic E-state index is 0.235. The molecular weight excluding hydrogens is 326 g/mol. The summed E-state index contributed by atoms with van der Waals surface area (Å²) in [5.74, 6) is 0.501. The number of hydrogen-bond acceptors (Lipinski definition) is 4. The van der Waals surface area contributed by atoms with Gasteiger partial charge in [0.05, 0.1) is 5.69 Å². The van der Waals surface area contributed by atoms with E-state index in [9.17, 15) is 4.79 Å². The molecule has 3 rings (SSSR count). The number of benzene rings is 2. The van der Waals surface area contributed by atoms with Gasteiger partial charge >= 0.3 is 0 Å². The smallest absolute Gasteiger partial charge is 0.289 e. The Bertz CT molecular complexity index is 844. The Morgan fingerprint density at radius 2 is 1.73 bits per heavy atom. The van der Waals surface area contributed by atoms with E-state index in [-0.39, 0.29) is 11.7 Å². The van der Waals surface area contributed by atoms with Crippen molar-refractivity contribution in [2.24, 2.45) is 0 Å². The zero-order chi connectivity index (χ0) is 18.4. The normalized spacial score (nSPS) is 10.5. The maximum absolute atomic E-state index is 12.5. The summed E-state index contributed by atoms with van der Waals surface area (Å²) in [6.07, 6.45) is 0. The summed E-state index contributed by atoms with van der Waals surface area (Å²) in [5.41, 5.74) is 2.60. The number of aryl methyl sites for hydroxylation is 1. The molecule has 0 unspecified atom stereocenters. The van der Waals surface area contributed by atoms with Crippen LogP contribution in [0.3, 0.4) is 0 Å². The summed E-state index contributed by atoms with van der Waals surface area (Å²) >= 11 is 0. The molecule has 5 heteroatoms. The van der Waals surface area contributed by atoms with E-state index in [2.05, 4.69) is 34.3 Å². The first-order valence-corrected chi connectivity index (χ1v) is 8.80. The monoisotopic (exact) mass is 349 g/mol. The van der Waals surface area contributed by atoms with E-state index in [0.717, 1.165) is 24.3 Å². The molecular formula is C21H23N3O2. The molecule has 0 fully saturated rings. The predicted molar refractivity (Wildman–Crippen MR) is 103 cm³/mol. The minimum Gasteiger partial charge on any atom is -0.431 e. The number of nitrogens with one attached hydrogen (secondary N) is 1. The maximum Gasteiger partial charge on any atom is 0.289 e. The minimum atomic E-state index is -0.235. The first-order valence-electron chi connectivity index (χ1n) is 8.80. The van der Waals surface area contributed by atoms with Crippen molar-refractivity contribution in [3.8, 4) is 11.5 Å². The third-order valence-electron chi connectivity index (χ3n) is 4.19. The number of amides is 1. The molecule has 0 aliphatic rings. The molecule has 3 aromatic rings. The predicted octanol–water partition coefficient (Wildman–Crippen LogP) is 3.91. The van der Waals surface area contributed by atoms with Crippen molar-refractivity contribution < 1.29 is 9.21 Å². The highest BCUT2D eigenvalue weighted by atomic mass is 16.4. The lowest BCUT2D eigenvalue weighted by Crippen LogP contribution is -2.35. The largest absolute Gasteiger partial charge is 0.431 e. The highest BCUT2D eigenvalue weighted by Crippen LogP contribution is 2.21. The van der Waals surface area contributed by atoms with Gasteiger partial charge in [0.25, 0.3) is 5.91 Å². The van der Waals surface area contributed by atoms with E-state index >= 15 is 0 Å². The molecule has 0 bridgehead atoms. The van der Waals surface area contributed by atoms with Crippen LogP contribution < -0.4 is 10.2 Å². The summed E-state index contributed by atoms with van der Waals surface area (Å²) in [6.45, 7) is 6.02. The van der Waals surface area contributed by atoms with Crippen LogP contribution in [0.4, 0.5) is 5.69 Å². The molecule has 5 nitrogen and oxygen atoms in total. The fourth-order valence-corrected chi connectivity index (χ4v) is 2.80. The van der Waals surface area contributed by atoms with Gasteiger partial charge in [0.1, 0.15) is 0 Å². The average Bonchev–Trinajstić information content (AvgIpc) is 3.08. The molecule has 0 radical (unpaired) electrons. The number of carbonyl (C=O) groups is 1. The Kier molecular flexibility index (Phi) is 5.69. The lowest BCUT2D eigenvalue weighted by atomic mass is 10.2. The van der Waals surface area contributed by atoms with Crippen LogP contribution in [0.15, 0.2) is 65.1 Å². The summed E-state index contributed by atoms with van der Waals surface area (Å²) in [7, 11) is 0. The summed E-state index contributed by atoms with van der Waals surface area (Å²) in [6, 6.07) is 19.7. The summed E-state index contributed by atoms with van der Waals surface area (Å²) in [5, 5.41) is 2.92. The first kappa shape index (κ1) is 17.7. The van der Waals surface area contributed by atoms with Crippen LogP contribution in [-0.2, 0) is 0 Å². The second-order valence-corrected chi connectivity index (χ2v) is 5.97. The van der Waals surface area contributed by atoms with Crippen LogP contribution in [-0.4, -0.2) is 30.5 Å². The lowest BCUT2D eigenvalue weighted by Gasteiger charge is -2.23. The van der Waals surface area contributed by atoms with Gasteiger partial charge in [0.2, 0.25) is 11.7 Å². The molecule has 1 N–H and O–H groups in total. The molecule has 2 aromatic carbocycles. The molecule has 0 aliphatic carbocycles. The maximum atomic E-state index is 12.5. The van der Waals surface area contributed by atoms with E-state index in [4.69, 9.17) is 4.42 Å². The number of anilines is 1. The Morgan fingerprint density at radius 1 is 1.08 bits per heavy atom. The summed E-state index contributed by atoms with van der Waals surface area (Å²) in [4.78, 5) is 19.0. The SMILES string of the molecule is CCN(CCNC(=O)c1oc(-c2ccccc2)nc1C)c1ccccc1. The number of hydrogen-bond donors (Lipinski definition) is 1. The van der Waals surface area contributed by atoms with Crippen molar-refractivity contribution in [2.75, 3.05) is 24.5 Å². The van der Waals surface area contributed by atoms with Crippen LogP contribution in [0, 0.1) is 6.92 Å². The number of nitrogens with zero attached hydrogens (tertiary/aromatic N) is 2. The molecule has 134 valence electrons. The van der Waals surface area contributed by atoms with E-state index in [1.165, 1.54) is 0 Å². The number of likely N-dealkylation sites (N-methyl/N-ethyl adjacent to an activating group) is 1. The number of rotatable bonds is 7. The van der Waals surface area contributed by atoms with Gasteiger partial charge in [-0.15, -0.1) is 0 Å². The average molecular weight is 349 g/mol. The Morgan fingerprint density at radius 3 is 2.38 bits per heavy atom. The van der Waals surface area contributed by atoms with Gasteiger partial charge in [-0.2, -0.15) is 0 Å². The molecule has 1 aromatic heterocycles. The third-order valence-corrected chi connectivity index (χ3v) is 4.19. The topological polar surface area (TPSA) is 58.4 Å². The van der Waals surface area contributed by atoms with E-state index in [0.29, 0.717) is 18.1 Å². The van der Waals surface area contributed by atoms with Crippen molar-refractivity contribution in [3.05, 3.63) is 72.1 Å². The van der Waals surface area contributed by atoms with E-state index in [1.807, 2.05) is 48.5 Å². The van der Waals surface area contributed by atoms with Gasteiger partial charge in [-0.25, -0.2) is 4.98 Å². The summed E-state index contributed by atoms with van der Waals surface area (Å²) < 4.78 is 5.69. The molecule has 0 saturated carbocycles. The highest BCUT2D eigenvalue weighted by molar-refractivity contribution is 5.92. The van der Waals surface area contributed by atoms with Gasteiger partial charge in [-0.1, -0.05) is 36.4 Å². The lowest BCUT2D eigenvalue weighted by molar-refractivity contribution is 0.0927. The third kappa shape index (κ3) is 4.11. The van der Waals surface area contributed by atoms with Gasteiger partial charge in [-0.3, -0.25) is 4.79 Å². The quantitative estimate of drug-likeness (QED) is 0.703. The number of para-hydroxylation sites is 1. The zero-order valence-corrected chi connectivity index (χ0v) is 15.1. The van der Waals surface area contributed by atoms with E-state index < -0.39 is 0 Å². The van der Waals surface area contributed by atoms with Gasteiger partial charge in [0.15, 0.2) is 0 Å². The van der Waals surface area contributed by atoms with Crippen LogP contribution in [0.5, 0.6) is 0 Å². The molecule has 0 aliphatic heterocycles. The molecule has 0 atom stereocenters. The molecule has 0 spiro atoms. The standard InChI is InChI=1S/C21H23N3O2/c1-3-24(18-12-8-5-9-13-18)15-14-22-20(25)19-16(2)23-21(26-19)17-10-6-4-7-11-17/h4-13H,3,14-15H2,1-2H3,(H,22,25). The second-order valence-electron chi connectivity index (χ2n) is 5.97. The molecule has 26 heavy (non-hydrogen) atoms. The first-order chi connectivity index (χ1) is 12.7. The Labute approximate surface area is 153 Å². The van der Waals surface area contributed by atoms with Crippen LogP contribution >= 0.6 is 0 Å². The van der Waals surface area contributed by atoms with Crippen molar-refractivity contribution in [3.63, 3.8) is 0 Å². The highest BCUT2D eigenvalue weighted by Gasteiger charge is 2.18. The molecule has 1 heterocycles. The van der Waals surface area contributed by atoms with Gasteiger partial charge in [-0.05, 0) is 38.1 Å². The molecule has 0 saturated heterocycles. The van der Waals surface area contributed by atoms with Gasteiger partial charge in [0, 0.05) is 30.9 Å². The van der Waals surface area contributed by atoms with Crippen LogP contribution in [0.2, 0.25) is 0 Å². The Hall–Kier alpha value is -3.08. The van der Waals surface area contributed by atoms with Crippen LogP contribution in [0.25, 0.3) is 11.5 Å². The van der Waals surface area contributed by atoms with Crippen LogP contribution in [0.1, 0.15) is 23.2 Å². The number of aromatic nitrogens is 1. The van der Waals surface area contributed by atoms with Crippen molar-refractivity contribution >= 4 is 11.6 Å². The fraction of sp³-hybridized carbons (Fsp3) is 0.238. The Balaban J connectivity index is 1.61. The van der Waals surface area contributed by atoms with Crippen molar-refractivity contribution in [2.45, 2.75) is 13.8 Å².